The largest absolute Gasteiger partial charge is 0.481 e. The number of hydrogen-bond donors (Lipinski definition) is 3. The van der Waals surface area contributed by atoms with Crippen LogP contribution in [0.25, 0.3) is 28.1 Å². The average Bonchev–Trinajstić information content (AvgIpc) is 3.19. The van der Waals surface area contributed by atoms with Gasteiger partial charge in [0.15, 0.2) is 6.35 Å². The molecule has 3 N–H and O–H groups in total. The molecule has 0 saturated carbocycles. The Morgan fingerprint density at radius 1 is 1.00 bits per heavy atom. The first kappa shape index (κ1) is 33.5. The van der Waals surface area contributed by atoms with Gasteiger partial charge in [0.25, 0.3) is 0 Å². The molecule has 0 bridgehead atoms. The fourth-order valence-corrected chi connectivity index (χ4v) is 6.53. The average molecular weight is 606 g/mol. The van der Waals surface area contributed by atoms with Gasteiger partial charge in [-0.3, -0.25) is 9.36 Å². The van der Waals surface area contributed by atoms with Gasteiger partial charge in [-0.15, -0.1) is 0 Å². The first-order valence-corrected chi connectivity index (χ1v) is 15.7. The van der Waals surface area contributed by atoms with E-state index in [-0.39, 0.29) is 36.8 Å². The van der Waals surface area contributed by atoms with Crippen LogP contribution in [0.3, 0.4) is 0 Å². The number of nitrogens with zero attached hydrogens (tertiary/aromatic N) is 1. The number of aromatic nitrogens is 1. The summed E-state index contributed by atoms with van der Waals surface area (Å²) < 4.78 is 46.4. The maximum atomic E-state index is 13.9. The molecule has 0 fully saturated rings. The molecule has 42 heavy (non-hydrogen) atoms. The molecule has 0 aliphatic rings. The molecule has 0 spiro atoms. The topological polar surface area (TPSA) is 127 Å². The predicted octanol–water partition coefficient (Wildman–Crippen LogP) is 7.01. The van der Waals surface area contributed by atoms with Gasteiger partial charge >= 0.3 is 13.6 Å². The molecule has 0 radical (unpaired) electrons. The van der Waals surface area contributed by atoms with Crippen LogP contribution in [-0.4, -0.2) is 56.6 Å². The Hall–Kier alpha value is -3.01. The molecular formula is C31H41FNO8P. The lowest BCUT2D eigenvalue weighted by molar-refractivity contribution is -0.139. The first-order valence-electron chi connectivity index (χ1n) is 14.0. The highest BCUT2D eigenvalue weighted by Gasteiger charge is 2.29. The minimum Gasteiger partial charge on any atom is -0.481 e. The molecule has 0 aliphatic heterocycles. The Kier molecular flexibility index (Phi) is 11.5. The third kappa shape index (κ3) is 8.99. The standard InChI is InChI=1S/C31H41FNO8P/c1-19(2)33-28-14-12-26(39-18-42(38,40-20(3)4)41-21(5)6)17-27(28)31(22-7-9-23(32)10-8-22)29(33)13-11-24(34)15-25(35)16-30(36)37/h7-14,17,19-21,24-25,34-35H,15-16,18H2,1-6H3,(H,36,37)/t24-,25-/m1/s1. The van der Waals surface area contributed by atoms with Gasteiger partial charge in [0.2, 0.25) is 0 Å². The summed E-state index contributed by atoms with van der Waals surface area (Å²) in [6.07, 6.45) is -0.656. The van der Waals surface area contributed by atoms with Gasteiger partial charge in [0.1, 0.15) is 11.6 Å². The molecule has 2 atom stereocenters. The van der Waals surface area contributed by atoms with Crippen LogP contribution in [0.5, 0.6) is 5.75 Å². The van der Waals surface area contributed by atoms with Crippen molar-refractivity contribution >= 4 is 30.5 Å². The van der Waals surface area contributed by atoms with Gasteiger partial charge in [-0.05, 0) is 83.5 Å². The fourth-order valence-electron chi connectivity index (χ4n) is 4.77. The molecule has 1 heterocycles. The van der Waals surface area contributed by atoms with Gasteiger partial charge in [0.05, 0.1) is 30.8 Å². The highest BCUT2D eigenvalue weighted by molar-refractivity contribution is 7.53. The molecule has 2 aromatic carbocycles. The molecule has 0 unspecified atom stereocenters. The van der Waals surface area contributed by atoms with Crippen LogP contribution in [0.2, 0.25) is 0 Å². The first-order chi connectivity index (χ1) is 19.7. The van der Waals surface area contributed by atoms with E-state index in [1.54, 1.807) is 52.0 Å². The number of ether oxygens (including phenoxy) is 1. The number of carboxylic acid groups (broad SMARTS) is 1. The number of aliphatic hydroxyl groups is 2. The van der Waals surface area contributed by atoms with Crippen molar-refractivity contribution in [1.29, 1.82) is 0 Å². The molecule has 3 rings (SSSR count). The van der Waals surface area contributed by atoms with Crippen molar-refractivity contribution in [2.24, 2.45) is 0 Å². The van der Waals surface area contributed by atoms with Crippen LogP contribution in [0, 0.1) is 5.82 Å². The third-order valence-electron chi connectivity index (χ3n) is 6.19. The van der Waals surface area contributed by atoms with Crippen LogP contribution in [-0.2, 0) is 18.4 Å². The number of benzene rings is 2. The van der Waals surface area contributed by atoms with Crippen molar-refractivity contribution in [3.8, 4) is 16.9 Å². The maximum absolute atomic E-state index is 13.9. The number of halogens is 1. The zero-order chi connectivity index (χ0) is 31.2. The van der Waals surface area contributed by atoms with Crippen molar-refractivity contribution in [3.05, 3.63) is 60.1 Å². The second kappa shape index (κ2) is 14.4. The highest BCUT2D eigenvalue weighted by Crippen LogP contribution is 2.50. The van der Waals surface area contributed by atoms with Gasteiger partial charge in [-0.25, -0.2) is 4.39 Å². The van der Waals surface area contributed by atoms with E-state index in [2.05, 4.69) is 4.57 Å². The Labute approximate surface area is 246 Å². The number of carbonyl (C=O) groups is 1. The molecule has 9 nitrogen and oxygen atoms in total. The van der Waals surface area contributed by atoms with E-state index in [4.69, 9.17) is 18.9 Å². The second-order valence-electron chi connectivity index (χ2n) is 11.0. The van der Waals surface area contributed by atoms with E-state index in [1.165, 1.54) is 18.2 Å². The van der Waals surface area contributed by atoms with E-state index >= 15 is 0 Å². The Bertz CT molecular complexity index is 1420. The lowest BCUT2D eigenvalue weighted by atomic mass is 10.0. The molecule has 0 aliphatic carbocycles. The van der Waals surface area contributed by atoms with Crippen molar-refractivity contribution in [2.45, 2.75) is 84.8 Å². The van der Waals surface area contributed by atoms with Crippen molar-refractivity contribution < 1.29 is 42.9 Å². The summed E-state index contributed by atoms with van der Waals surface area (Å²) in [5.74, 6) is -1.11. The number of hydrogen-bond acceptors (Lipinski definition) is 7. The van der Waals surface area contributed by atoms with Crippen LogP contribution in [0.1, 0.15) is 66.1 Å². The van der Waals surface area contributed by atoms with E-state index in [9.17, 15) is 24.0 Å². The second-order valence-corrected chi connectivity index (χ2v) is 12.9. The van der Waals surface area contributed by atoms with Crippen molar-refractivity contribution in [3.63, 3.8) is 0 Å². The van der Waals surface area contributed by atoms with Crippen LogP contribution >= 0.6 is 7.60 Å². The van der Waals surface area contributed by atoms with Crippen molar-refractivity contribution in [1.82, 2.24) is 4.57 Å². The predicted molar refractivity (Wildman–Crippen MR) is 161 cm³/mol. The number of aliphatic hydroxyl groups excluding tert-OH is 2. The summed E-state index contributed by atoms with van der Waals surface area (Å²) in [6, 6.07) is 11.5. The Balaban J connectivity index is 2.10. The van der Waals surface area contributed by atoms with Crippen LogP contribution < -0.4 is 4.74 Å². The SMILES string of the molecule is CC(C)OP(=O)(COc1ccc2c(c1)c(-c1ccc(F)cc1)c(C=C[C@@H](O)C[C@@H](O)CC(=O)O)n2C(C)C)OC(C)C. The lowest BCUT2D eigenvalue weighted by Gasteiger charge is -2.22. The van der Waals surface area contributed by atoms with Gasteiger partial charge < -0.3 is 33.7 Å². The fraction of sp³-hybridized carbons (Fsp3) is 0.452. The maximum Gasteiger partial charge on any atom is 0.368 e. The monoisotopic (exact) mass is 605 g/mol. The van der Waals surface area contributed by atoms with Crippen molar-refractivity contribution in [2.75, 3.05) is 6.35 Å². The third-order valence-corrected chi connectivity index (χ3v) is 8.13. The number of fused-ring (bicyclic) bond motifs is 1. The minimum atomic E-state index is -3.56. The quantitative estimate of drug-likeness (QED) is 0.158. The molecular weight excluding hydrogens is 564 g/mol. The lowest BCUT2D eigenvalue weighted by Crippen LogP contribution is -2.19. The Morgan fingerprint density at radius 3 is 2.17 bits per heavy atom. The number of aliphatic carboxylic acids is 1. The summed E-state index contributed by atoms with van der Waals surface area (Å²) in [5, 5.41) is 30.2. The Morgan fingerprint density at radius 2 is 1.62 bits per heavy atom. The summed E-state index contributed by atoms with van der Waals surface area (Å²) in [4.78, 5) is 10.9. The summed E-state index contributed by atoms with van der Waals surface area (Å²) in [6.45, 7) is 11.1. The normalized spacial score (nSPS) is 14.0. The summed E-state index contributed by atoms with van der Waals surface area (Å²) in [5.41, 5.74) is 3.03. The molecule has 230 valence electrons. The molecule has 11 heteroatoms. The highest BCUT2D eigenvalue weighted by atomic mass is 31.2. The number of rotatable bonds is 15. The summed E-state index contributed by atoms with van der Waals surface area (Å²) in [7, 11) is -3.56. The zero-order valence-electron chi connectivity index (χ0n) is 24.9. The van der Waals surface area contributed by atoms with Gasteiger partial charge in [-0.2, -0.15) is 0 Å². The summed E-state index contributed by atoms with van der Waals surface area (Å²) >= 11 is 0. The molecule has 0 amide bonds. The van der Waals surface area contributed by atoms with Crippen LogP contribution in [0.4, 0.5) is 4.39 Å². The molecule has 0 saturated heterocycles. The smallest absolute Gasteiger partial charge is 0.368 e. The minimum absolute atomic E-state index is 0.0260. The molecule has 3 aromatic rings. The van der Waals surface area contributed by atoms with E-state index in [0.29, 0.717) is 11.4 Å². The van der Waals surface area contributed by atoms with E-state index in [1.807, 2.05) is 26.0 Å². The van der Waals surface area contributed by atoms with Gasteiger partial charge in [-0.1, -0.05) is 18.2 Å². The zero-order valence-corrected chi connectivity index (χ0v) is 25.8. The van der Waals surface area contributed by atoms with E-state index in [0.717, 1.165) is 22.0 Å². The van der Waals surface area contributed by atoms with Crippen LogP contribution in [0.15, 0.2) is 48.5 Å². The van der Waals surface area contributed by atoms with Gasteiger partial charge in [0, 0.05) is 34.6 Å². The molecule has 1 aromatic heterocycles. The van der Waals surface area contributed by atoms with E-state index < -0.39 is 32.2 Å². The number of carboxylic acids is 1.